The Bertz CT molecular complexity index is 646. The molecule has 0 radical (unpaired) electrons. The molecule has 0 heterocycles. The van der Waals surface area contributed by atoms with Gasteiger partial charge in [-0.2, -0.15) is 0 Å². The lowest BCUT2D eigenvalue weighted by molar-refractivity contribution is 0.318. The van der Waals surface area contributed by atoms with Gasteiger partial charge in [-0.3, -0.25) is 0 Å². The van der Waals surface area contributed by atoms with Crippen LogP contribution in [0.2, 0.25) is 0 Å². The molecule has 0 aliphatic carbocycles. The van der Waals surface area contributed by atoms with E-state index >= 15 is 0 Å². The van der Waals surface area contributed by atoms with E-state index in [2.05, 4.69) is 33.1 Å². The number of hydrogen-bond acceptors (Lipinski definition) is 3. The summed E-state index contributed by atoms with van der Waals surface area (Å²) in [5, 5.41) is 14.9. The molecule has 0 amide bonds. The second-order valence-electron chi connectivity index (χ2n) is 4.15. The molecule has 6 heteroatoms. The molecule has 0 bridgehead atoms. The van der Waals surface area contributed by atoms with Crippen LogP contribution in [0.1, 0.15) is 11.1 Å². The standard InChI is InChI=1S/C14H13FIN3O/c15-10-5-4-9(13(6-10)14(17)19-20)8-18-12-3-1-2-11(16)7-12/h1-7,18,20H,8H2,(H2,17,19). The first-order valence-electron chi connectivity index (χ1n) is 5.86. The number of hydrogen-bond donors (Lipinski definition) is 3. The lowest BCUT2D eigenvalue weighted by Crippen LogP contribution is -2.17. The Morgan fingerprint density at radius 3 is 2.80 bits per heavy atom. The monoisotopic (exact) mass is 385 g/mol. The molecule has 0 aliphatic heterocycles. The van der Waals surface area contributed by atoms with Gasteiger partial charge in [-0.25, -0.2) is 4.39 Å². The van der Waals surface area contributed by atoms with Gasteiger partial charge >= 0.3 is 0 Å². The second kappa shape index (κ2) is 6.56. The molecule has 0 atom stereocenters. The van der Waals surface area contributed by atoms with Gasteiger partial charge in [-0.05, 0) is 58.5 Å². The summed E-state index contributed by atoms with van der Waals surface area (Å²) in [5.41, 5.74) is 7.64. The van der Waals surface area contributed by atoms with Gasteiger partial charge in [-0.1, -0.05) is 17.3 Å². The highest BCUT2D eigenvalue weighted by molar-refractivity contribution is 14.1. The van der Waals surface area contributed by atoms with Crippen LogP contribution in [0, 0.1) is 9.39 Å². The van der Waals surface area contributed by atoms with Gasteiger partial charge < -0.3 is 16.3 Å². The fourth-order valence-electron chi connectivity index (χ4n) is 1.79. The zero-order valence-electron chi connectivity index (χ0n) is 10.5. The zero-order valence-corrected chi connectivity index (χ0v) is 12.6. The summed E-state index contributed by atoms with van der Waals surface area (Å²) in [5.74, 6) is -0.534. The molecule has 2 aromatic carbocycles. The van der Waals surface area contributed by atoms with E-state index in [9.17, 15) is 4.39 Å². The highest BCUT2D eigenvalue weighted by Crippen LogP contribution is 2.16. The Labute approximate surface area is 129 Å². The number of nitrogens with two attached hydrogens (primary N) is 1. The Kier molecular flexibility index (Phi) is 4.78. The van der Waals surface area contributed by atoms with Crippen molar-refractivity contribution in [2.75, 3.05) is 5.32 Å². The molecule has 0 fully saturated rings. The summed E-state index contributed by atoms with van der Waals surface area (Å²) in [4.78, 5) is 0. The van der Waals surface area contributed by atoms with Gasteiger partial charge in [-0.15, -0.1) is 0 Å². The summed E-state index contributed by atoms with van der Waals surface area (Å²) >= 11 is 2.23. The Hall–Kier alpha value is -1.83. The highest BCUT2D eigenvalue weighted by atomic mass is 127. The maximum Gasteiger partial charge on any atom is 0.170 e. The molecule has 104 valence electrons. The van der Waals surface area contributed by atoms with E-state index in [1.807, 2.05) is 24.3 Å². The predicted octanol–water partition coefficient (Wildman–Crippen LogP) is 3.14. The molecule has 0 aliphatic rings. The van der Waals surface area contributed by atoms with Crippen molar-refractivity contribution >= 4 is 34.1 Å². The van der Waals surface area contributed by atoms with Gasteiger partial charge in [0.2, 0.25) is 0 Å². The largest absolute Gasteiger partial charge is 0.409 e. The van der Waals surface area contributed by atoms with Crippen LogP contribution in [0.25, 0.3) is 0 Å². The number of benzene rings is 2. The van der Waals surface area contributed by atoms with Crippen molar-refractivity contribution in [2.24, 2.45) is 10.9 Å². The van der Waals surface area contributed by atoms with E-state index in [0.29, 0.717) is 12.1 Å². The van der Waals surface area contributed by atoms with Crippen LogP contribution >= 0.6 is 22.6 Å². The van der Waals surface area contributed by atoms with Gasteiger partial charge in [0, 0.05) is 21.4 Å². The SMILES string of the molecule is NC(=NO)c1cc(F)ccc1CNc1cccc(I)c1. The van der Waals surface area contributed by atoms with E-state index in [0.717, 1.165) is 14.8 Å². The Morgan fingerprint density at radius 1 is 1.30 bits per heavy atom. The van der Waals surface area contributed by atoms with E-state index in [-0.39, 0.29) is 5.84 Å². The molecular formula is C14H13FIN3O. The van der Waals surface area contributed by atoms with Crippen LogP contribution in [0.15, 0.2) is 47.6 Å². The Morgan fingerprint density at radius 2 is 2.10 bits per heavy atom. The number of halogens is 2. The average Bonchev–Trinajstić information content (AvgIpc) is 2.45. The smallest absolute Gasteiger partial charge is 0.170 e. The van der Waals surface area contributed by atoms with Crippen LogP contribution in [-0.4, -0.2) is 11.0 Å². The molecule has 0 aromatic heterocycles. The molecule has 0 spiro atoms. The normalized spacial score (nSPS) is 11.4. The molecule has 20 heavy (non-hydrogen) atoms. The van der Waals surface area contributed by atoms with Crippen LogP contribution in [0.4, 0.5) is 10.1 Å². The zero-order chi connectivity index (χ0) is 14.5. The van der Waals surface area contributed by atoms with E-state index in [1.165, 1.54) is 12.1 Å². The summed E-state index contributed by atoms with van der Waals surface area (Å²) in [6.45, 7) is 0.450. The number of nitrogens with zero attached hydrogens (tertiary/aromatic N) is 1. The number of anilines is 1. The quantitative estimate of drug-likeness (QED) is 0.249. The second-order valence-corrected chi connectivity index (χ2v) is 5.40. The molecule has 0 saturated heterocycles. The topological polar surface area (TPSA) is 70.6 Å². The van der Waals surface area contributed by atoms with Gasteiger partial charge in [0.15, 0.2) is 5.84 Å². The number of rotatable bonds is 4. The van der Waals surface area contributed by atoms with Crippen LogP contribution in [0.5, 0.6) is 0 Å². The van der Waals surface area contributed by atoms with Crippen molar-refractivity contribution in [3.8, 4) is 0 Å². The molecule has 4 nitrogen and oxygen atoms in total. The average molecular weight is 385 g/mol. The first-order chi connectivity index (χ1) is 9.60. The lowest BCUT2D eigenvalue weighted by atomic mass is 10.1. The van der Waals surface area contributed by atoms with Crippen molar-refractivity contribution in [2.45, 2.75) is 6.54 Å². The van der Waals surface area contributed by atoms with Crippen molar-refractivity contribution in [1.29, 1.82) is 0 Å². The molecule has 2 aromatic rings. The molecule has 2 rings (SSSR count). The number of oxime groups is 1. The van der Waals surface area contributed by atoms with E-state index < -0.39 is 5.82 Å². The van der Waals surface area contributed by atoms with Crippen LogP contribution in [0.3, 0.4) is 0 Å². The van der Waals surface area contributed by atoms with Gasteiger partial charge in [0.1, 0.15) is 5.82 Å². The summed E-state index contributed by atoms with van der Waals surface area (Å²) < 4.78 is 14.4. The first kappa shape index (κ1) is 14.6. The minimum Gasteiger partial charge on any atom is -0.409 e. The van der Waals surface area contributed by atoms with Gasteiger partial charge in [0.25, 0.3) is 0 Å². The maximum absolute atomic E-state index is 13.2. The minimum absolute atomic E-state index is 0.107. The Balaban J connectivity index is 2.21. The fraction of sp³-hybridized carbons (Fsp3) is 0.0714. The summed E-state index contributed by atoms with van der Waals surface area (Å²) in [7, 11) is 0. The van der Waals surface area contributed by atoms with E-state index in [1.54, 1.807) is 6.07 Å². The third-order valence-corrected chi connectivity index (χ3v) is 3.43. The number of nitrogens with one attached hydrogen (secondary N) is 1. The lowest BCUT2D eigenvalue weighted by Gasteiger charge is -2.11. The van der Waals surface area contributed by atoms with Crippen molar-refractivity contribution in [1.82, 2.24) is 0 Å². The minimum atomic E-state index is -0.426. The molecule has 4 N–H and O–H groups in total. The highest BCUT2D eigenvalue weighted by Gasteiger charge is 2.08. The first-order valence-corrected chi connectivity index (χ1v) is 6.94. The van der Waals surface area contributed by atoms with Crippen molar-refractivity contribution in [3.63, 3.8) is 0 Å². The fourth-order valence-corrected chi connectivity index (χ4v) is 2.33. The maximum atomic E-state index is 13.2. The van der Waals surface area contributed by atoms with E-state index in [4.69, 9.17) is 10.9 Å². The molecular weight excluding hydrogens is 372 g/mol. The van der Waals surface area contributed by atoms with Crippen molar-refractivity contribution in [3.05, 3.63) is 63.0 Å². The third-order valence-electron chi connectivity index (χ3n) is 2.76. The van der Waals surface area contributed by atoms with Crippen LogP contribution in [-0.2, 0) is 6.54 Å². The number of amidine groups is 1. The molecule has 0 unspecified atom stereocenters. The van der Waals surface area contributed by atoms with Crippen LogP contribution < -0.4 is 11.1 Å². The summed E-state index contributed by atoms with van der Waals surface area (Å²) in [6.07, 6.45) is 0. The van der Waals surface area contributed by atoms with Crippen molar-refractivity contribution < 1.29 is 9.60 Å². The summed E-state index contributed by atoms with van der Waals surface area (Å²) in [6, 6.07) is 12.1. The molecule has 0 saturated carbocycles. The third kappa shape index (κ3) is 3.60. The van der Waals surface area contributed by atoms with Gasteiger partial charge in [0.05, 0.1) is 0 Å². The predicted molar refractivity (Wildman–Crippen MR) is 85.4 cm³/mol.